The van der Waals surface area contributed by atoms with Crippen LogP contribution in [0.4, 0.5) is 0 Å². The van der Waals surface area contributed by atoms with Crippen molar-refractivity contribution < 1.29 is 4.79 Å². The first-order valence-electron chi connectivity index (χ1n) is 9.40. The third-order valence-electron chi connectivity index (χ3n) is 3.95. The Morgan fingerprint density at radius 2 is 0.964 bits per heavy atom. The molecule has 140 valence electrons. The molecule has 1 nitrogen and oxygen atoms in total. The normalized spacial score (nSPS) is 10.4. The zero-order valence-corrected chi connectivity index (χ0v) is 16.1. The summed E-state index contributed by atoms with van der Waals surface area (Å²) in [5, 5.41) is 0. The smallest absolute Gasteiger partial charge is 0.140 e. The molecular weight excluding hydrogens is 340 g/mol. The molecule has 3 aromatic carbocycles. The first-order valence-corrected chi connectivity index (χ1v) is 9.40. The van der Waals surface area contributed by atoms with Crippen molar-refractivity contribution in [1.29, 1.82) is 0 Å². The number of benzene rings is 3. The molecule has 0 N–H and O–H groups in total. The predicted octanol–water partition coefficient (Wildman–Crippen LogP) is 7.09. The predicted molar refractivity (Wildman–Crippen MR) is 122 cm³/mol. The van der Waals surface area contributed by atoms with Crippen molar-refractivity contribution in [2.75, 3.05) is 0 Å². The second-order valence-electron chi connectivity index (χ2n) is 6.19. The molecule has 0 atom stereocenters. The molecule has 0 radical (unpaired) electrons. The lowest BCUT2D eigenvalue weighted by Gasteiger charge is -1.94. The van der Waals surface area contributed by atoms with Gasteiger partial charge in [0.1, 0.15) is 5.78 Å². The maximum absolute atomic E-state index is 11.7. The Morgan fingerprint density at radius 1 is 0.607 bits per heavy atom. The van der Waals surface area contributed by atoms with E-state index in [0.29, 0.717) is 12.8 Å². The van der Waals surface area contributed by atoms with E-state index in [2.05, 4.69) is 6.58 Å². The number of hydrogen-bond donors (Lipinski definition) is 0. The lowest BCUT2D eigenvalue weighted by Crippen LogP contribution is -1.92. The minimum atomic E-state index is 0.226. The first kappa shape index (κ1) is 20.9. The second-order valence-corrected chi connectivity index (χ2v) is 6.19. The standard InChI is InChI=1S/C19H18O.C8H8/c20-19(15-7-13-17-9-3-1-4-10-17)16-8-14-18-11-5-2-6-12-18;1-2-8-6-4-3-5-7-8/h1-14H,15-16H2;2-7H,1H2. The van der Waals surface area contributed by atoms with Crippen LogP contribution in [0.2, 0.25) is 0 Å². The minimum absolute atomic E-state index is 0.226. The highest BCUT2D eigenvalue weighted by Crippen LogP contribution is 2.05. The fourth-order valence-corrected chi connectivity index (χ4v) is 2.45. The maximum Gasteiger partial charge on any atom is 0.140 e. The number of rotatable bonds is 7. The average molecular weight is 367 g/mol. The van der Waals surface area contributed by atoms with Crippen LogP contribution in [0, 0.1) is 0 Å². The van der Waals surface area contributed by atoms with E-state index < -0.39 is 0 Å². The van der Waals surface area contributed by atoms with Crippen LogP contribution in [0.25, 0.3) is 18.2 Å². The number of hydrogen-bond acceptors (Lipinski definition) is 1. The van der Waals surface area contributed by atoms with Gasteiger partial charge in [0.05, 0.1) is 0 Å². The third kappa shape index (κ3) is 8.77. The molecule has 0 amide bonds. The SMILES string of the molecule is C=Cc1ccccc1.O=C(CC=Cc1ccccc1)CC=Cc1ccccc1. The second kappa shape index (κ2) is 12.8. The Balaban J connectivity index is 0.000000292. The highest BCUT2D eigenvalue weighted by atomic mass is 16.1. The van der Waals surface area contributed by atoms with Gasteiger partial charge in [-0.2, -0.15) is 0 Å². The summed E-state index contributed by atoms with van der Waals surface area (Å²) in [6, 6.07) is 30.1. The minimum Gasteiger partial charge on any atom is -0.299 e. The number of carbonyl (C=O) groups excluding carboxylic acids is 1. The Labute approximate surface area is 168 Å². The van der Waals surface area contributed by atoms with E-state index in [-0.39, 0.29) is 5.78 Å². The molecule has 0 unspecified atom stereocenters. The highest BCUT2D eigenvalue weighted by Gasteiger charge is 1.95. The maximum atomic E-state index is 11.7. The molecule has 0 aliphatic carbocycles. The first-order chi connectivity index (χ1) is 13.8. The van der Waals surface area contributed by atoms with Crippen LogP contribution in [0.3, 0.4) is 0 Å². The van der Waals surface area contributed by atoms with Gasteiger partial charge in [-0.1, -0.05) is 128 Å². The van der Waals surface area contributed by atoms with Crippen LogP contribution in [-0.2, 0) is 4.79 Å². The Kier molecular flexibility index (Phi) is 9.56. The van der Waals surface area contributed by atoms with Gasteiger partial charge in [-0.3, -0.25) is 4.79 Å². The summed E-state index contributed by atoms with van der Waals surface area (Å²) in [5.74, 6) is 0.226. The summed E-state index contributed by atoms with van der Waals surface area (Å²) >= 11 is 0. The molecule has 3 aromatic rings. The quantitative estimate of drug-likeness (QED) is 0.436. The van der Waals surface area contributed by atoms with Crippen molar-refractivity contribution in [1.82, 2.24) is 0 Å². The van der Waals surface area contributed by atoms with Crippen LogP contribution in [0.5, 0.6) is 0 Å². The topological polar surface area (TPSA) is 17.1 Å². The monoisotopic (exact) mass is 366 g/mol. The fourth-order valence-electron chi connectivity index (χ4n) is 2.45. The van der Waals surface area contributed by atoms with Gasteiger partial charge in [-0.25, -0.2) is 0 Å². The molecule has 0 aliphatic heterocycles. The van der Waals surface area contributed by atoms with Crippen LogP contribution >= 0.6 is 0 Å². The molecule has 1 heteroatoms. The molecule has 0 saturated carbocycles. The van der Waals surface area contributed by atoms with E-state index in [9.17, 15) is 4.79 Å². The molecule has 28 heavy (non-hydrogen) atoms. The molecule has 0 bridgehead atoms. The lowest BCUT2D eigenvalue weighted by atomic mass is 10.1. The van der Waals surface area contributed by atoms with Gasteiger partial charge in [0, 0.05) is 12.8 Å². The van der Waals surface area contributed by atoms with Gasteiger partial charge in [-0.15, -0.1) is 0 Å². The van der Waals surface area contributed by atoms with E-state index in [4.69, 9.17) is 0 Å². The van der Waals surface area contributed by atoms with Gasteiger partial charge < -0.3 is 0 Å². The van der Waals surface area contributed by atoms with Crippen molar-refractivity contribution in [3.05, 3.63) is 126 Å². The zero-order chi connectivity index (χ0) is 19.9. The molecule has 0 saturated heterocycles. The van der Waals surface area contributed by atoms with E-state index in [1.807, 2.05) is 121 Å². The van der Waals surface area contributed by atoms with Crippen LogP contribution < -0.4 is 0 Å². The van der Waals surface area contributed by atoms with E-state index >= 15 is 0 Å². The van der Waals surface area contributed by atoms with Gasteiger partial charge >= 0.3 is 0 Å². The van der Waals surface area contributed by atoms with Crippen LogP contribution in [0.15, 0.2) is 110 Å². The largest absolute Gasteiger partial charge is 0.299 e. The van der Waals surface area contributed by atoms with E-state index in [1.54, 1.807) is 0 Å². The third-order valence-corrected chi connectivity index (χ3v) is 3.95. The average Bonchev–Trinajstić information content (AvgIpc) is 2.76. The molecule has 0 heterocycles. The Hall–Kier alpha value is -3.45. The van der Waals surface area contributed by atoms with E-state index in [0.717, 1.165) is 11.1 Å². The summed E-state index contributed by atoms with van der Waals surface area (Å²) in [6.45, 7) is 3.63. The van der Waals surface area contributed by atoms with Gasteiger partial charge in [0.15, 0.2) is 0 Å². The number of allylic oxidation sites excluding steroid dienone is 2. The Morgan fingerprint density at radius 3 is 1.29 bits per heavy atom. The fraction of sp³-hybridized carbons (Fsp3) is 0.0741. The van der Waals surface area contributed by atoms with Crippen LogP contribution in [0.1, 0.15) is 29.5 Å². The summed E-state index contributed by atoms with van der Waals surface area (Å²) in [7, 11) is 0. The molecule has 0 spiro atoms. The molecule has 0 fully saturated rings. The number of ketones is 1. The van der Waals surface area contributed by atoms with Gasteiger partial charge in [0.25, 0.3) is 0 Å². The molecule has 3 rings (SSSR count). The van der Waals surface area contributed by atoms with Gasteiger partial charge in [0.2, 0.25) is 0 Å². The van der Waals surface area contributed by atoms with Gasteiger partial charge in [-0.05, 0) is 16.7 Å². The summed E-state index contributed by atoms with van der Waals surface area (Å²) in [4.78, 5) is 11.7. The lowest BCUT2D eigenvalue weighted by molar-refractivity contribution is -0.117. The zero-order valence-electron chi connectivity index (χ0n) is 16.1. The van der Waals surface area contributed by atoms with E-state index in [1.165, 1.54) is 5.56 Å². The summed E-state index contributed by atoms with van der Waals surface area (Å²) in [5.41, 5.74) is 3.42. The molecule has 0 aliphatic rings. The number of Topliss-reactive ketones (excluding diaryl/α,β-unsaturated/α-hetero) is 1. The number of carbonyl (C=O) groups is 1. The summed E-state index contributed by atoms with van der Waals surface area (Å²) < 4.78 is 0. The van der Waals surface area contributed by atoms with Crippen molar-refractivity contribution in [3.63, 3.8) is 0 Å². The van der Waals surface area contributed by atoms with Crippen LogP contribution in [-0.4, -0.2) is 5.78 Å². The van der Waals surface area contributed by atoms with Crippen molar-refractivity contribution >= 4 is 24.0 Å². The van der Waals surface area contributed by atoms with Crippen molar-refractivity contribution in [2.24, 2.45) is 0 Å². The summed E-state index contributed by atoms with van der Waals surface area (Å²) in [6.07, 6.45) is 10.6. The highest BCUT2D eigenvalue weighted by molar-refractivity contribution is 5.82. The van der Waals surface area contributed by atoms with Crippen molar-refractivity contribution in [3.8, 4) is 0 Å². The molecular formula is C27H26O. The molecule has 0 aromatic heterocycles. The van der Waals surface area contributed by atoms with Crippen molar-refractivity contribution in [2.45, 2.75) is 12.8 Å². The Bertz CT molecular complexity index is 822.